The zero-order valence-electron chi connectivity index (χ0n) is 27.7. The van der Waals surface area contributed by atoms with Crippen molar-refractivity contribution in [3.63, 3.8) is 0 Å². The molecule has 0 heterocycles. The van der Waals surface area contributed by atoms with Gasteiger partial charge in [0.25, 0.3) is 0 Å². The fraction of sp³-hybridized carbons (Fsp3) is 0.861. The predicted molar refractivity (Wildman–Crippen MR) is 175 cm³/mol. The van der Waals surface area contributed by atoms with E-state index in [1.165, 1.54) is 103 Å². The van der Waals surface area contributed by atoms with Crippen molar-refractivity contribution in [2.24, 2.45) is 0 Å². The SMILES string of the molecule is C=CCCCCCCCCCCCCCCCCCCC[N+](CCCCC(=O)[O-])(CCCCC(=O)O)CCCCC(=O)O. The summed E-state index contributed by atoms with van der Waals surface area (Å²) in [6, 6.07) is 0. The van der Waals surface area contributed by atoms with Gasteiger partial charge in [0.15, 0.2) is 0 Å². The quantitative estimate of drug-likeness (QED) is 0.0423. The molecule has 43 heavy (non-hydrogen) atoms. The molecule has 0 saturated heterocycles. The van der Waals surface area contributed by atoms with Gasteiger partial charge in [-0.25, -0.2) is 0 Å². The van der Waals surface area contributed by atoms with Crippen LogP contribution in [-0.4, -0.2) is 58.8 Å². The summed E-state index contributed by atoms with van der Waals surface area (Å²) in [6.07, 6.45) is 30.4. The Balaban J connectivity index is 4.24. The Hall–Kier alpha value is -1.89. The lowest BCUT2D eigenvalue weighted by molar-refractivity contribution is -0.929. The number of nitrogens with zero attached hydrogens (tertiary/aromatic N) is 1. The third kappa shape index (κ3) is 29.9. The maximum absolute atomic E-state index is 11.0. The molecule has 252 valence electrons. The molecule has 0 aromatic rings. The average Bonchev–Trinajstić information content (AvgIpc) is 2.96. The molecule has 0 aromatic heterocycles. The number of carbonyl (C=O) groups is 3. The fourth-order valence-corrected chi connectivity index (χ4v) is 6.22. The van der Waals surface area contributed by atoms with E-state index in [2.05, 4.69) is 6.58 Å². The van der Waals surface area contributed by atoms with Crippen LogP contribution in [0.5, 0.6) is 0 Å². The highest BCUT2D eigenvalue weighted by Crippen LogP contribution is 2.20. The molecule has 2 N–H and O–H groups in total. The van der Waals surface area contributed by atoms with Gasteiger partial charge in [0, 0.05) is 18.8 Å². The van der Waals surface area contributed by atoms with E-state index in [9.17, 15) is 19.5 Å². The van der Waals surface area contributed by atoms with Gasteiger partial charge in [-0.05, 0) is 70.6 Å². The van der Waals surface area contributed by atoms with E-state index in [1.807, 2.05) is 6.08 Å². The van der Waals surface area contributed by atoms with Gasteiger partial charge in [0.1, 0.15) is 0 Å². The number of aliphatic carboxylic acids is 3. The minimum Gasteiger partial charge on any atom is -0.550 e. The third-order valence-corrected chi connectivity index (χ3v) is 8.85. The zero-order valence-corrected chi connectivity index (χ0v) is 27.7. The van der Waals surface area contributed by atoms with Gasteiger partial charge in [-0.3, -0.25) is 9.59 Å². The van der Waals surface area contributed by atoms with Gasteiger partial charge >= 0.3 is 11.9 Å². The van der Waals surface area contributed by atoms with Crippen LogP contribution in [0, 0.1) is 0 Å². The first-order valence-corrected chi connectivity index (χ1v) is 17.9. The van der Waals surface area contributed by atoms with Gasteiger partial charge in [0.05, 0.1) is 26.2 Å². The molecule has 7 nitrogen and oxygen atoms in total. The highest BCUT2D eigenvalue weighted by molar-refractivity contribution is 5.66. The Morgan fingerprint density at radius 2 is 0.744 bits per heavy atom. The Bertz CT molecular complexity index is 640. The topological polar surface area (TPSA) is 115 Å². The molecule has 0 fully saturated rings. The van der Waals surface area contributed by atoms with Crippen LogP contribution in [0.4, 0.5) is 0 Å². The molecule has 0 saturated carbocycles. The molecule has 0 spiro atoms. The number of rotatable bonds is 35. The number of carbonyl (C=O) groups excluding carboxylic acids is 1. The van der Waals surface area contributed by atoms with E-state index in [0.29, 0.717) is 19.3 Å². The number of allylic oxidation sites excluding steroid dienone is 1. The first-order valence-electron chi connectivity index (χ1n) is 17.9. The molecular weight excluding hydrogens is 542 g/mol. The van der Waals surface area contributed by atoms with Crippen LogP contribution in [0.25, 0.3) is 0 Å². The lowest BCUT2D eigenvalue weighted by Crippen LogP contribution is -2.51. The van der Waals surface area contributed by atoms with E-state index in [0.717, 1.165) is 62.8 Å². The number of hydrogen-bond acceptors (Lipinski definition) is 4. The van der Waals surface area contributed by atoms with E-state index >= 15 is 0 Å². The van der Waals surface area contributed by atoms with Gasteiger partial charge in [-0.2, -0.15) is 0 Å². The molecule has 0 amide bonds. The van der Waals surface area contributed by atoms with Crippen molar-refractivity contribution in [3.05, 3.63) is 12.7 Å². The molecule has 0 aliphatic rings. The van der Waals surface area contributed by atoms with Crippen LogP contribution in [-0.2, 0) is 14.4 Å². The maximum Gasteiger partial charge on any atom is 0.303 e. The minimum absolute atomic E-state index is 0.0645. The number of carboxylic acid groups (broad SMARTS) is 3. The van der Waals surface area contributed by atoms with Crippen LogP contribution in [0.2, 0.25) is 0 Å². The van der Waals surface area contributed by atoms with Gasteiger partial charge in [-0.1, -0.05) is 96.0 Å². The highest BCUT2D eigenvalue weighted by Gasteiger charge is 2.26. The first kappa shape index (κ1) is 41.1. The lowest BCUT2D eigenvalue weighted by Gasteiger charge is -2.39. The minimum atomic E-state index is -1.02. The van der Waals surface area contributed by atoms with E-state index in [4.69, 9.17) is 10.2 Å². The fourth-order valence-electron chi connectivity index (χ4n) is 6.22. The summed E-state index contributed by atoms with van der Waals surface area (Å²) < 4.78 is 0.849. The monoisotopic (exact) mass is 609 g/mol. The second kappa shape index (κ2) is 30.1. The zero-order chi connectivity index (χ0) is 31.9. The van der Waals surface area contributed by atoms with Crippen molar-refractivity contribution < 1.29 is 34.2 Å². The Morgan fingerprint density at radius 1 is 0.465 bits per heavy atom. The van der Waals surface area contributed by atoms with Crippen molar-refractivity contribution in [3.8, 4) is 0 Å². The Labute approximate surface area is 264 Å². The molecular formula is C36H67NO6. The second-order valence-corrected chi connectivity index (χ2v) is 12.9. The van der Waals surface area contributed by atoms with Crippen molar-refractivity contribution in [2.75, 3.05) is 26.2 Å². The Morgan fingerprint density at radius 3 is 1.05 bits per heavy atom. The molecule has 0 radical (unpaired) electrons. The van der Waals surface area contributed by atoms with Gasteiger partial charge < -0.3 is 24.6 Å². The summed E-state index contributed by atoms with van der Waals surface area (Å²) in [7, 11) is 0. The first-order chi connectivity index (χ1) is 20.8. The average molecular weight is 610 g/mol. The van der Waals surface area contributed by atoms with E-state index < -0.39 is 17.9 Å². The molecule has 0 rings (SSSR count). The van der Waals surface area contributed by atoms with E-state index in [1.54, 1.807) is 0 Å². The predicted octanol–water partition coefficient (Wildman–Crippen LogP) is 8.44. The van der Waals surface area contributed by atoms with Crippen LogP contribution in [0.15, 0.2) is 12.7 Å². The number of unbranched alkanes of at least 4 members (excludes halogenated alkanes) is 20. The van der Waals surface area contributed by atoms with Gasteiger partial charge in [-0.15, -0.1) is 6.58 Å². The van der Waals surface area contributed by atoms with Crippen LogP contribution in [0.1, 0.15) is 173 Å². The summed E-state index contributed by atoms with van der Waals surface area (Å²) in [5, 5.41) is 29.0. The second-order valence-electron chi connectivity index (χ2n) is 12.9. The molecule has 0 bridgehead atoms. The largest absolute Gasteiger partial charge is 0.550 e. The molecule has 0 aliphatic carbocycles. The van der Waals surface area contributed by atoms with Crippen LogP contribution >= 0.6 is 0 Å². The van der Waals surface area contributed by atoms with Gasteiger partial charge in [0.2, 0.25) is 0 Å². The number of carboxylic acids is 3. The molecule has 0 aliphatic heterocycles. The summed E-state index contributed by atoms with van der Waals surface area (Å²) in [5.41, 5.74) is 0. The number of quaternary nitrogens is 1. The molecule has 7 heteroatoms. The molecule has 0 atom stereocenters. The summed E-state index contributed by atoms with van der Waals surface area (Å²) in [6.45, 7) is 7.40. The van der Waals surface area contributed by atoms with Crippen molar-refractivity contribution >= 4 is 17.9 Å². The number of hydrogen-bond donors (Lipinski definition) is 2. The Kier molecular flexibility index (Phi) is 28.8. The smallest absolute Gasteiger partial charge is 0.303 e. The lowest BCUT2D eigenvalue weighted by atomic mass is 10.0. The van der Waals surface area contributed by atoms with Crippen LogP contribution in [0.3, 0.4) is 0 Å². The normalized spacial score (nSPS) is 11.5. The third-order valence-electron chi connectivity index (χ3n) is 8.85. The molecule has 0 aromatic carbocycles. The highest BCUT2D eigenvalue weighted by atomic mass is 16.4. The maximum atomic E-state index is 11.0. The summed E-state index contributed by atoms with van der Waals surface area (Å²) in [5.74, 6) is -2.56. The summed E-state index contributed by atoms with van der Waals surface area (Å²) in [4.78, 5) is 32.9. The van der Waals surface area contributed by atoms with E-state index in [-0.39, 0.29) is 19.3 Å². The van der Waals surface area contributed by atoms with Crippen LogP contribution < -0.4 is 5.11 Å². The summed E-state index contributed by atoms with van der Waals surface area (Å²) >= 11 is 0. The van der Waals surface area contributed by atoms with Crippen molar-refractivity contribution in [1.29, 1.82) is 0 Å². The van der Waals surface area contributed by atoms with Crippen molar-refractivity contribution in [2.45, 2.75) is 173 Å². The standard InChI is InChI=1S/C36H67NO6/c1-2-3-4-5-6-7-8-9-10-11-12-13-14-15-16-17-18-19-23-30-37(31-24-20-27-34(38)39,32-25-21-28-35(40)41)33-26-22-29-36(42)43/h2H,1,3-33H2,(H2-,38,39,40,41,42,43). The van der Waals surface area contributed by atoms with Crippen molar-refractivity contribution in [1.82, 2.24) is 0 Å². The molecule has 0 unspecified atom stereocenters.